The quantitative estimate of drug-likeness (QED) is 0.229. The van der Waals surface area contributed by atoms with E-state index in [1.807, 2.05) is 41.5 Å². The zero-order valence-electron chi connectivity index (χ0n) is 21.4. The van der Waals surface area contributed by atoms with Gasteiger partial charge in [-0.05, 0) is 47.4 Å². The third-order valence-electron chi connectivity index (χ3n) is 6.62. The van der Waals surface area contributed by atoms with Crippen LogP contribution in [0.3, 0.4) is 0 Å². The van der Waals surface area contributed by atoms with E-state index in [1.54, 1.807) is 17.5 Å². The summed E-state index contributed by atoms with van der Waals surface area (Å²) in [6, 6.07) is 8.37. The van der Waals surface area contributed by atoms with E-state index in [-0.39, 0.29) is 11.5 Å². The van der Waals surface area contributed by atoms with Gasteiger partial charge in [0, 0.05) is 41.6 Å². The average molecular weight is 543 g/mol. The molecule has 4 aromatic heterocycles. The minimum atomic E-state index is -0.259. The second-order valence-electron chi connectivity index (χ2n) is 10.9. The molecule has 38 heavy (non-hydrogen) atoms. The van der Waals surface area contributed by atoms with Gasteiger partial charge in [-0.15, -0.1) is 16.4 Å². The summed E-state index contributed by atoms with van der Waals surface area (Å²) in [6.07, 6.45) is 9.58. The molecule has 0 radical (unpaired) electrons. The Hall–Kier alpha value is -3.74. The molecule has 1 aliphatic rings. The smallest absolute Gasteiger partial charge is 0.110 e. The maximum Gasteiger partial charge on any atom is 0.110 e. The molecule has 0 amide bonds. The third kappa shape index (κ3) is 4.77. The van der Waals surface area contributed by atoms with Gasteiger partial charge in [-0.1, -0.05) is 37.6 Å². The van der Waals surface area contributed by atoms with Gasteiger partial charge in [0.15, 0.2) is 0 Å². The zero-order valence-corrected chi connectivity index (χ0v) is 22.9. The molecule has 4 heterocycles. The molecule has 1 unspecified atom stereocenters. The van der Waals surface area contributed by atoms with Crippen molar-refractivity contribution in [3.8, 4) is 6.07 Å². The molecule has 1 fully saturated rings. The van der Waals surface area contributed by atoms with E-state index in [1.165, 1.54) is 0 Å². The first-order valence-electron chi connectivity index (χ1n) is 12.6. The number of hydrogen-bond acceptors (Lipinski definition) is 8. The molecule has 1 atom stereocenters. The molecule has 5 aromatic rings. The molecule has 8 nitrogen and oxygen atoms in total. The van der Waals surface area contributed by atoms with E-state index < -0.39 is 0 Å². The highest BCUT2D eigenvalue weighted by Gasteiger charge is 2.28. The summed E-state index contributed by atoms with van der Waals surface area (Å²) < 4.78 is 3.07. The van der Waals surface area contributed by atoms with Gasteiger partial charge in [0.1, 0.15) is 11.8 Å². The number of pyridine rings is 2. The monoisotopic (exact) mass is 542 g/mol. The second kappa shape index (κ2) is 9.53. The van der Waals surface area contributed by atoms with Crippen LogP contribution in [0.25, 0.3) is 21.0 Å². The van der Waals surface area contributed by atoms with Crippen molar-refractivity contribution < 1.29 is 0 Å². The Balaban J connectivity index is 1.46. The van der Waals surface area contributed by atoms with Crippen molar-refractivity contribution in [3.63, 3.8) is 0 Å². The Kier molecular flexibility index (Phi) is 6.17. The molecule has 1 saturated carbocycles. The predicted molar refractivity (Wildman–Crippen MR) is 153 cm³/mol. The summed E-state index contributed by atoms with van der Waals surface area (Å²) in [4.78, 5) is 8.79. The molecule has 6 rings (SSSR count). The molecule has 0 aliphatic heterocycles. The summed E-state index contributed by atoms with van der Waals surface area (Å²) in [7, 11) is 0. The van der Waals surface area contributed by atoms with E-state index in [9.17, 15) is 5.26 Å². The van der Waals surface area contributed by atoms with Crippen LogP contribution in [-0.2, 0) is 0 Å². The number of fused-ring (bicyclic) bond motifs is 2. The van der Waals surface area contributed by atoms with E-state index in [4.69, 9.17) is 11.6 Å². The lowest BCUT2D eigenvalue weighted by Crippen LogP contribution is -2.20. The van der Waals surface area contributed by atoms with Crippen molar-refractivity contribution >= 4 is 55.3 Å². The maximum absolute atomic E-state index is 9.82. The van der Waals surface area contributed by atoms with Crippen LogP contribution < -0.4 is 10.6 Å². The summed E-state index contributed by atoms with van der Waals surface area (Å²) in [5.74, 6) is 0. The minimum absolute atomic E-state index is 0.0231. The Morgan fingerprint density at radius 2 is 2.08 bits per heavy atom. The molecule has 0 bridgehead atoms. The number of nitriles is 1. The van der Waals surface area contributed by atoms with E-state index in [2.05, 4.69) is 63.1 Å². The standard InChI is InChI=1S/C28H27ClN8S/c1-28(2,3)15-33-25-16(10-30)11-32-26-20(25)8-17(9-22(26)29)34-27(23-13-37(36-35-23)18-4-5-18)21-14-38-24-12-31-7-6-19(21)24/h6-9,11-14,18,27,34H,4-5,15H2,1-3H3,(H,32,33). The lowest BCUT2D eigenvalue weighted by atomic mass is 9.96. The second-order valence-corrected chi connectivity index (χ2v) is 12.2. The van der Waals surface area contributed by atoms with E-state index >= 15 is 0 Å². The van der Waals surface area contributed by atoms with Crippen LogP contribution in [0.5, 0.6) is 0 Å². The normalized spacial score (nSPS) is 14.5. The van der Waals surface area contributed by atoms with Crippen molar-refractivity contribution in [1.29, 1.82) is 5.26 Å². The number of anilines is 2. The number of benzene rings is 1. The number of nitrogens with one attached hydrogen (secondary N) is 2. The SMILES string of the molecule is CC(C)(C)CNc1c(C#N)cnc2c(Cl)cc(NC(c3cn(C4CC4)nn3)c3csc4cnccc34)cc12. The molecule has 1 aromatic carbocycles. The summed E-state index contributed by atoms with van der Waals surface area (Å²) in [5.41, 5.74) is 4.63. The van der Waals surface area contributed by atoms with Gasteiger partial charge in [-0.25, -0.2) is 4.68 Å². The van der Waals surface area contributed by atoms with Gasteiger partial charge in [-0.2, -0.15) is 5.26 Å². The molecule has 2 N–H and O–H groups in total. The molecule has 0 saturated heterocycles. The molecule has 10 heteroatoms. The van der Waals surface area contributed by atoms with E-state index in [0.29, 0.717) is 28.7 Å². The fraction of sp³-hybridized carbons (Fsp3) is 0.321. The van der Waals surface area contributed by atoms with Gasteiger partial charge in [0.25, 0.3) is 0 Å². The number of thiophene rings is 1. The number of hydrogen-bond donors (Lipinski definition) is 2. The van der Waals surface area contributed by atoms with Crippen LogP contribution in [0.4, 0.5) is 11.4 Å². The first-order chi connectivity index (χ1) is 18.3. The van der Waals surface area contributed by atoms with Gasteiger partial charge in [0.05, 0.1) is 44.8 Å². The lowest BCUT2D eigenvalue weighted by Gasteiger charge is -2.22. The number of aromatic nitrogens is 5. The van der Waals surface area contributed by atoms with Crippen molar-refractivity contribution in [3.05, 3.63) is 70.2 Å². The Labute approximate surface area is 229 Å². The van der Waals surface area contributed by atoms with Crippen LogP contribution in [-0.4, -0.2) is 31.5 Å². The lowest BCUT2D eigenvalue weighted by molar-refractivity contribution is 0.443. The van der Waals surface area contributed by atoms with E-state index in [0.717, 1.165) is 50.9 Å². The summed E-state index contributed by atoms with van der Waals surface area (Å²) in [5, 5.41) is 30.5. The fourth-order valence-corrected chi connectivity index (χ4v) is 5.74. The van der Waals surface area contributed by atoms with Crippen LogP contribution in [0.15, 0.2) is 48.4 Å². The number of nitrogens with zero attached hydrogens (tertiary/aromatic N) is 6. The minimum Gasteiger partial charge on any atom is -0.383 e. The van der Waals surface area contributed by atoms with Crippen molar-refractivity contribution in [2.45, 2.75) is 45.7 Å². The predicted octanol–water partition coefficient (Wildman–Crippen LogP) is 6.96. The highest BCUT2D eigenvalue weighted by Crippen LogP contribution is 2.39. The van der Waals surface area contributed by atoms with Gasteiger partial charge in [-0.3, -0.25) is 9.97 Å². The Morgan fingerprint density at radius 3 is 2.84 bits per heavy atom. The van der Waals surface area contributed by atoms with Crippen LogP contribution in [0, 0.1) is 16.7 Å². The van der Waals surface area contributed by atoms with Crippen LogP contribution >= 0.6 is 22.9 Å². The molecule has 0 spiro atoms. The third-order valence-corrected chi connectivity index (χ3v) is 7.86. The summed E-state index contributed by atoms with van der Waals surface area (Å²) >= 11 is 8.43. The molecule has 1 aliphatic carbocycles. The Morgan fingerprint density at radius 1 is 1.24 bits per heavy atom. The fourth-order valence-electron chi connectivity index (χ4n) is 4.52. The highest BCUT2D eigenvalue weighted by molar-refractivity contribution is 7.17. The van der Waals surface area contributed by atoms with Crippen molar-refractivity contribution in [1.82, 2.24) is 25.0 Å². The highest BCUT2D eigenvalue weighted by atomic mass is 35.5. The number of halogens is 1. The largest absolute Gasteiger partial charge is 0.383 e. The zero-order chi connectivity index (χ0) is 26.4. The maximum atomic E-state index is 9.82. The van der Waals surface area contributed by atoms with Gasteiger partial charge in [0.2, 0.25) is 0 Å². The summed E-state index contributed by atoms with van der Waals surface area (Å²) in [6.45, 7) is 7.14. The van der Waals surface area contributed by atoms with Crippen molar-refractivity contribution in [2.24, 2.45) is 5.41 Å². The molecular formula is C28H27ClN8S. The topological polar surface area (TPSA) is 104 Å². The first-order valence-corrected chi connectivity index (χ1v) is 13.8. The Bertz CT molecular complexity index is 1690. The number of rotatable bonds is 7. The van der Waals surface area contributed by atoms with Crippen LogP contribution in [0.2, 0.25) is 5.02 Å². The average Bonchev–Trinajstić information content (AvgIpc) is 3.47. The van der Waals surface area contributed by atoms with Crippen molar-refractivity contribution in [2.75, 3.05) is 17.2 Å². The van der Waals surface area contributed by atoms with Gasteiger partial charge < -0.3 is 10.6 Å². The van der Waals surface area contributed by atoms with Gasteiger partial charge >= 0.3 is 0 Å². The first kappa shape index (κ1) is 24.6. The van der Waals surface area contributed by atoms with Crippen LogP contribution in [0.1, 0.15) is 62.5 Å². The molecular weight excluding hydrogens is 516 g/mol. The molecule has 192 valence electrons.